The second-order valence-electron chi connectivity index (χ2n) is 8.81. The van der Waals surface area contributed by atoms with Gasteiger partial charge < -0.3 is 0 Å². The van der Waals surface area contributed by atoms with Gasteiger partial charge in [0.2, 0.25) is 0 Å². The first-order chi connectivity index (χ1) is 11.2. The van der Waals surface area contributed by atoms with Crippen LogP contribution in [0.15, 0.2) is 18.2 Å². The molecule has 0 N–H and O–H groups in total. The quantitative estimate of drug-likeness (QED) is 0.826. The SMILES string of the molecule is CN1CCN(C)C1c1cc(C2N(C)CCN2C)cc(C(C)(C)C)c1. The van der Waals surface area contributed by atoms with Gasteiger partial charge in [0.25, 0.3) is 0 Å². The summed E-state index contributed by atoms with van der Waals surface area (Å²) in [5, 5.41) is 0. The molecule has 0 saturated carbocycles. The summed E-state index contributed by atoms with van der Waals surface area (Å²) in [5.74, 6) is 0. The van der Waals surface area contributed by atoms with Gasteiger partial charge in [-0.25, -0.2) is 0 Å². The van der Waals surface area contributed by atoms with Gasteiger partial charge >= 0.3 is 0 Å². The number of likely N-dealkylation sites (N-methyl/N-ethyl adjacent to an activating group) is 4. The van der Waals surface area contributed by atoms with Crippen molar-refractivity contribution in [3.63, 3.8) is 0 Å². The molecule has 4 heteroatoms. The van der Waals surface area contributed by atoms with Crippen molar-refractivity contribution >= 4 is 0 Å². The highest BCUT2D eigenvalue weighted by molar-refractivity contribution is 5.37. The summed E-state index contributed by atoms with van der Waals surface area (Å²) in [6.45, 7) is 11.5. The predicted octanol–water partition coefficient (Wildman–Crippen LogP) is 2.74. The smallest absolute Gasteiger partial charge is 0.0882 e. The van der Waals surface area contributed by atoms with Gasteiger partial charge in [-0.05, 0) is 56.4 Å². The standard InChI is InChI=1S/C20H34N4/c1-20(2,3)17-13-15(18-21(4)8-9-22(18)5)12-16(14-17)19-23(6)10-11-24(19)7/h12-14,18-19H,8-11H2,1-7H3. The van der Waals surface area contributed by atoms with E-state index in [9.17, 15) is 0 Å². The number of rotatable bonds is 2. The van der Waals surface area contributed by atoms with E-state index in [-0.39, 0.29) is 5.41 Å². The summed E-state index contributed by atoms with van der Waals surface area (Å²) in [6, 6.07) is 7.31. The number of hydrogen-bond acceptors (Lipinski definition) is 4. The van der Waals surface area contributed by atoms with Gasteiger partial charge in [0.05, 0.1) is 12.3 Å². The topological polar surface area (TPSA) is 13.0 Å². The summed E-state index contributed by atoms with van der Waals surface area (Å²) < 4.78 is 0. The number of nitrogens with zero attached hydrogens (tertiary/aromatic N) is 4. The highest BCUT2D eigenvalue weighted by Crippen LogP contribution is 2.36. The molecule has 2 heterocycles. The zero-order valence-corrected chi connectivity index (χ0v) is 16.5. The average molecular weight is 331 g/mol. The maximum atomic E-state index is 2.47. The largest absolute Gasteiger partial charge is 0.286 e. The Morgan fingerprint density at radius 1 is 0.667 bits per heavy atom. The Hall–Kier alpha value is -0.940. The first kappa shape index (κ1) is 17.9. The molecule has 0 spiro atoms. The fourth-order valence-corrected chi connectivity index (χ4v) is 4.22. The molecule has 0 aliphatic carbocycles. The van der Waals surface area contributed by atoms with E-state index < -0.39 is 0 Å². The highest BCUT2D eigenvalue weighted by Gasteiger charge is 2.32. The zero-order valence-electron chi connectivity index (χ0n) is 16.5. The van der Waals surface area contributed by atoms with E-state index in [2.05, 4.69) is 86.8 Å². The normalized spacial score (nSPS) is 23.6. The van der Waals surface area contributed by atoms with Crippen LogP contribution in [-0.2, 0) is 5.41 Å². The van der Waals surface area contributed by atoms with Gasteiger partial charge in [-0.3, -0.25) is 19.6 Å². The Morgan fingerprint density at radius 2 is 1.00 bits per heavy atom. The monoisotopic (exact) mass is 330 g/mol. The van der Waals surface area contributed by atoms with Crippen LogP contribution in [0.25, 0.3) is 0 Å². The molecule has 1 aromatic carbocycles. The van der Waals surface area contributed by atoms with Crippen molar-refractivity contribution in [2.24, 2.45) is 0 Å². The van der Waals surface area contributed by atoms with E-state index in [1.807, 2.05) is 0 Å². The highest BCUT2D eigenvalue weighted by atomic mass is 15.4. The van der Waals surface area contributed by atoms with Gasteiger partial charge in [-0.15, -0.1) is 0 Å². The predicted molar refractivity (Wildman–Crippen MR) is 101 cm³/mol. The van der Waals surface area contributed by atoms with Crippen LogP contribution in [0.1, 0.15) is 49.8 Å². The van der Waals surface area contributed by atoms with E-state index in [0.717, 1.165) is 26.2 Å². The number of hydrogen-bond donors (Lipinski definition) is 0. The molecule has 4 nitrogen and oxygen atoms in total. The lowest BCUT2D eigenvalue weighted by atomic mass is 9.84. The molecular formula is C20H34N4. The van der Waals surface area contributed by atoms with Crippen molar-refractivity contribution in [1.29, 1.82) is 0 Å². The van der Waals surface area contributed by atoms with Crippen molar-refractivity contribution in [3.8, 4) is 0 Å². The van der Waals surface area contributed by atoms with Gasteiger partial charge in [0.15, 0.2) is 0 Å². The second-order valence-corrected chi connectivity index (χ2v) is 8.81. The molecule has 2 aliphatic heterocycles. The Labute approximate surface area is 148 Å². The molecule has 134 valence electrons. The minimum absolute atomic E-state index is 0.163. The van der Waals surface area contributed by atoms with Gasteiger partial charge in [-0.1, -0.05) is 32.9 Å². The van der Waals surface area contributed by atoms with E-state index in [4.69, 9.17) is 0 Å². The third-order valence-electron chi connectivity index (χ3n) is 5.72. The second kappa shape index (κ2) is 6.41. The van der Waals surface area contributed by atoms with Crippen LogP contribution in [0.4, 0.5) is 0 Å². The van der Waals surface area contributed by atoms with Crippen molar-refractivity contribution in [2.45, 2.75) is 38.5 Å². The van der Waals surface area contributed by atoms with Crippen LogP contribution in [0, 0.1) is 0 Å². The first-order valence-electron chi connectivity index (χ1n) is 9.15. The van der Waals surface area contributed by atoms with Crippen LogP contribution in [0.5, 0.6) is 0 Å². The summed E-state index contributed by atoms with van der Waals surface area (Å²) in [6.07, 6.45) is 0.783. The zero-order chi connectivity index (χ0) is 17.6. The molecule has 2 saturated heterocycles. The Kier molecular flexibility index (Phi) is 4.77. The maximum Gasteiger partial charge on any atom is 0.0882 e. The van der Waals surface area contributed by atoms with Crippen LogP contribution in [0.3, 0.4) is 0 Å². The molecule has 0 aromatic heterocycles. The molecule has 3 rings (SSSR count). The molecule has 1 aromatic rings. The van der Waals surface area contributed by atoms with Crippen LogP contribution < -0.4 is 0 Å². The molecule has 0 amide bonds. The van der Waals surface area contributed by atoms with E-state index in [1.54, 1.807) is 0 Å². The molecule has 0 atom stereocenters. The van der Waals surface area contributed by atoms with Gasteiger partial charge in [-0.2, -0.15) is 0 Å². The molecule has 0 bridgehead atoms. The summed E-state index contributed by atoms with van der Waals surface area (Å²) in [4.78, 5) is 9.86. The lowest BCUT2D eigenvalue weighted by molar-refractivity contribution is 0.183. The van der Waals surface area contributed by atoms with Crippen LogP contribution in [-0.4, -0.2) is 74.0 Å². The minimum atomic E-state index is 0.163. The first-order valence-corrected chi connectivity index (χ1v) is 9.15. The lowest BCUT2D eigenvalue weighted by Gasteiger charge is -2.32. The minimum Gasteiger partial charge on any atom is -0.286 e. The van der Waals surface area contributed by atoms with Crippen molar-refractivity contribution in [3.05, 3.63) is 34.9 Å². The van der Waals surface area contributed by atoms with E-state index in [1.165, 1.54) is 16.7 Å². The third-order valence-corrected chi connectivity index (χ3v) is 5.72. The molecule has 24 heavy (non-hydrogen) atoms. The van der Waals surface area contributed by atoms with E-state index >= 15 is 0 Å². The lowest BCUT2D eigenvalue weighted by Crippen LogP contribution is -2.29. The summed E-state index contributed by atoms with van der Waals surface area (Å²) in [7, 11) is 8.97. The Balaban J connectivity index is 2.07. The van der Waals surface area contributed by atoms with Crippen molar-refractivity contribution in [1.82, 2.24) is 19.6 Å². The van der Waals surface area contributed by atoms with Crippen molar-refractivity contribution in [2.75, 3.05) is 54.4 Å². The van der Waals surface area contributed by atoms with E-state index in [0.29, 0.717) is 12.3 Å². The fraction of sp³-hybridized carbons (Fsp3) is 0.700. The average Bonchev–Trinajstić information content (AvgIpc) is 3.00. The molecule has 2 fully saturated rings. The van der Waals surface area contributed by atoms with Gasteiger partial charge in [0, 0.05) is 26.2 Å². The van der Waals surface area contributed by atoms with Gasteiger partial charge in [0.1, 0.15) is 0 Å². The summed E-state index contributed by atoms with van der Waals surface area (Å²) in [5.41, 5.74) is 4.48. The molecule has 2 aliphatic rings. The number of benzene rings is 1. The van der Waals surface area contributed by atoms with Crippen molar-refractivity contribution < 1.29 is 0 Å². The summed E-state index contributed by atoms with van der Waals surface area (Å²) >= 11 is 0. The van der Waals surface area contributed by atoms with Crippen LogP contribution in [0.2, 0.25) is 0 Å². The third kappa shape index (κ3) is 3.25. The fourth-order valence-electron chi connectivity index (χ4n) is 4.22. The molecular weight excluding hydrogens is 296 g/mol. The molecule has 0 unspecified atom stereocenters. The maximum absolute atomic E-state index is 2.47. The molecule has 0 radical (unpaired) electrons. The Morgan fingerprint density at radius 3 is 1.29 bits per heavy atom. The van der Waals surface area contributed by atoms with Crippen LogP contribution >= 0.6 is 0 Å². The Bertz CT molecular complexity index is 530.